The fourth-order valence-electron chi connectivity index (χ4n) is 3.05. The summed E-state index contributed by atoms with van der Waals surface area (Å²) in [6, 6.07) is 12.3. The number of benzene rings is 2. The van der Waals surface area contributed by atoms with Crippen LogP contribution in [0.2, 0.25) is 0 Å². The van der Waals surface area contributed by atoms with E-state index in [-0.39, 0.29) is 12.5 Å². The molecule has 0 spiro atoms. The third kappa shape index (κ3) is 4.11. The third-order valence-corrected chi connectivity index (χ3v) is 6.14. The normalized spacial score (nSPS) is 12.6. The molecule has 1 atom stereocenters. The number of nitrogens with one attached hydrogen (secondary N) is 1. The van der Waals surface area contributed by atoms with E-state index in [1.165, 1.54) is 6.92 Å². The van der Waals surface area contributed by atoms with E-state index in [0.29, 0.717) is 19.7 Å². The Bertz CT molecular complexity index is 939. The number of nitrogens with zero attached hydrogens (tertiary/aromatic N) is 1. The molecule has 0 radical (unpaired) electrons. The van der Waals surface area contributed by atoms with Gasteiger partial charge in [-0.25, -0.2) is 0 Å². The number of ether oxygens (including phenoxy) is 1. The first kappa shape index (κ1) is 19.4. The van der Waals surface area contributed by atoms with Crippen LogP contribution in [0.3, 0.4) is 0 Å². The van der Waals surface area contributed by atoms with Crippen LogP contribution < -0.4 is 5.32 Å². The molecule has 3 rings (SSSR count). The average Bonchev–Trinajstić information content (AvgIpc) is 2.92. The van der Waals surface area contributed by atoms with E-state index >= 15 is 0 Å². The molecule has 1 amide bonds. The van der Waals surface area contributed by atoms with Crippen LogP contribution in [-0.2, 0) is 16.1 Å². The summed E-state index contributed by atoms with van der Waals surface area (Å²) in [4.78, 5) is 10.8. The molecule has 0 aliphatic carbocycles. The van der Waals surface area contributed by atoms with Gasteiger partial charge < -0.3 is 19.7 Å². The monoisotopic (exact) mass is 482 g/mol. The Balaban J connectivity index is 1.82. The number of amides is 1. The van der Waals surface area contributed by atoms with E-state index in [1.54, 1.807) is 0 Å². The highest BCUT2D eigenvalue weighted by Crippen LogP contribution is 2.37. The minimum absolute atomic E-state index is 0.0881. The van der Waals surface area contributed by atoms with Crippen molar-refractivity contribution in [2.45, 2.75) is 19.6 Å². The van der Waals surface area contributed by atoms with E-state index in [0.717, 1.165) is 30.8 Å². The lowest BCUT2D eigenvalue weighted by atomic mass is 10.2. The molecule has 1 aromatic heterocycles. The Hall–Kier alpha value is -1.41. The van der Waals surface area contributed by atoms with Gasteiger partial charge in [-0.1, -0.05) is 24.3 Å². The molecule has 5 nitrogen and oxygen atoms in total. The number of aliphatic hydroxyl groups is 1. The van der Waals surface area contributed by atoms with E-state index in [1.807, 2.05) is 18.2 Å². The Morgan fingerprint density at radius 2 is 2.00 bits per heavy atom. The average molecular weight is 484 g/mol. The molecule has 1 unspecified atom stereocenters. The topological polar surface area (TPSA) is 63.5 Å². The van der Waals surface area contributed by atoms with E-state index in [9.17, 15) is 9.90 Å². The van der Waals surface area contributed by atoms with Crippen molar-refractivity contribution in [1.29, 1.82) is 0 Å². The zero-order chi connectivity index (χ0) is 18.7. The molecule has 0 saturated carbocycles. The van der Waals surface area contributed by atoms with Crippen LogP contribution in [0.15, 0.2) is 45.3 Å². The first-order valence-corrected chi connectivity index (χ1v) is 9.93. The van der Waals surface area contributed by atoms with Crippen LogP contribution in [0.5, 0.6) is 0 Å². The molecule has 0 aliphatic rings. The van der Waals surface area contributed by atoms with Gasteiger partial charge in [0.15, 0.2) is 0 Å². The Morgan fingerprint density at radius 1 is 1.23 bits per heavy atom. The summed E-state index contributed by atoms with van der Waals surface area (Å²) < 4.78 is 9.52. The molecule has 3 aromatic rings. The van der Waals surface area contributed by atoms with Crippen LogP contribution in [0.25, 0.3) is 21.8 Å². The molecule has 2 N–H and O–H groups in total. The highest BCUT2D eigenvalue weighted by molar-refractivity contribution is 9.13. The lowest BCUT2D eigenvalue weighted by Gasteiger charge is -2.15. The lowest BCUT2D eigenvalue weighted by Crippen LogP contribution is -2.27. The fourth-order valence-corrected chi connectivity index (χ4v) is 3.93. The van der Waals surface area contributed by atoms with E-state index < -0.39 is 6.10 Å². The van der Waals surface area contributed by atoms with E-state index in [2.05, 4.69) is 59.9 Å². The van der Waals surface area contributed by atoms with Crippen LogP contribution in [0, 0.1) is 0 Å². The lowest BCUT2D eigenvalue weighted by molar-refractivity contribution is -0.119. The van der Waals surface area contributed by atoms with Gasteiger partial charge in [-0.2, -0.15) is 0 Å². The highest BCUT2D eigenvalue weighted by Gasteiger charge is 2.17. The second kappa shape index (κ2) is 8.52. The molecule has 0 fully saturated rings. The summed E-state index contributed by atoms with van der Waals surface area (Å²) in [5.74, 6) is -0.0881. The summed E-state index contributed by atoms with van der Waals surface area (Å²) in [6.45, 7) is 2.90. The number of hydrogen-bond donors (Lipinski definition) is 2. The van der Waals surface area contributed by atoms with Crippen molar-refractivity contribution < 1.29 is 14.6 Å². The molecule has 26 heavy (non-hydrogen) atoms. The van der Waals surface area contributed by atoms with Crippen LogP contribution in [-0.4, -0.2) is 41.4 Å². The van der Waals surface area contributed by atoms with E-state index in [4.69, 9.17) is 4.74 Å². The van der Waals surface area contributed by atoms with Gasteiger partial charge in [0.1, 0.15) is 0 Å². The number of carbonyl (C=O) groups is 1. The fraction of sp³-hybridized carbons (Fsp3) is 0.316. The number of hydrogen-bond acceptors (Lipinski definition) is 3. The van der Waals surface area contributed by atoms with Gasteiger partial charge in [0, 0.05) is 34.2 Å². The quantitative estimate of drug-likeness (QED) is 0.502. The van der Waals surface area contributed by atoms with Crippen molar-refractivity contribution in [1.82, 2.24) is 9.88 Å². The molecular weight excluding hydrogens is 464 g/mol. The summed E-state index contributed by atoms with van der Waals surface area (Å²) in [5.41, 5.74) is 2.11. The second-order valence-electron chi connectivity index (χ2n) is 6.10. The van der Waals surface area contributed by atoms with Gasteiger partial charge in [0.05, 0.1) is 35.9 Å². The zero-order valence-corrected chi connectivity index (χ0v) is 17.5. The molecule has 2 aromatic carbocycles. The van der Waals surface area contributed by atoms with Gasteiger partial charge in [0.2, 0.25) is 5.91 Å². The number of aromatic nitrogens is 1. The number of rotatable bonds is 7. The summed E-state index contributed by atoms with van der Waals surface area (Å²) in [5, 5.41) is 15.4. The van der Waals surface area contributed by atoms with Crippen molar-refractivity contribution in [3.05, 3.63) is 45.3 Å². The molecule has 0 saturated heterocycles. The molecule has 1 heterocycles. The van der Waals surface area contributed by atoms with Crippen molar-refractivity contribution >= 4 is 59.6 Å². The minimum atomic E-state index is -0.655. The van der Waals surface area contributed by atoms with Crippen molar-refractivity contribution in [2.24, 2.45) is 0 Å². The largest absolute Gasteiger partial charge is 0.389 e. The summed E-state index contributed by atoms with van der Waals surface area (Å²) >= 11 is 7.23. The third-order valence-electron chi connectivity index (χ3n) is 4.15. The minimum Gasteiger partial charge on any atom is -0.389 e. The Morgan fingerprint density at radius 3 is 2.77 bits per heavy atom. The van der Waals surface area contributed by atoms with Gasteiger partial charge in [-0.3, -0.25) is 4.79 Å². The van der Waals surface area contributed by atoms with Crippen LogP contribution in [0.4, 0.5) is 0 Å². The molecule has 138 valence electrons. The predicted octanol–water partition coefficient (Wildman–Crippen LogP) is 3.83. The second-order valence-corrected chi connectivity index (χ2v) is 7.74. The van der Waals surface area contributed by atoms with Gasteiger partial charge in [-0.15, -0.1) is 0 Å². The molecular formula is C19H20Br2N2O3. The van der Waals surface area contributed by atoms with Crippen molar-refractivity contribution in [3.63, 3.8) is 0 Å². The molecule has 7 heteroatoms. The number of para-hydroxylation sites is 1. The summed E-state index contributed by atoms with van der Waals surface area (Å²) in [7, 11) is 0. The van der Waals surface area contributed by atoms with Crippen LogP contribution >= 0.6 is 31.9 Å². The van der Waals surface area contributed by atoms with Gasteiger partial charge in [-0.05, 0) is 44.0 Å². The first-order valence-electron chi connectivity index (χ1n) is 8.34. The van der Waals surface area contributed by atoms with Crippen molar-refractivity contribution in [3.8, 4) is 0 Å². The molecule has 0 bridgehead atoms. The zero-order valence-electron chi connectivity index (χ0n) is 14.3. The Labute approximate surface area is 168 Å². The number of aliphatic hydroxyl groups excluding tert-OH is 1. The maximum atomic E-state index is 10.8. The first-order chi connectivity index (χ1) is 12.5. The summed E-state index contributed by atoms with van der Waals surface area (Å²) in [6.07, 6.45) is -0.655. The standard InChI is InChI=1S/C19H20Br2N2O3/c1-12(24)22-8-9-26-11-13(25)10-23-17-5-3-2-4-14(17)15-6-7-16(20)18(21)19(15)23/h2-7,13,25H,8-11H2,1H3,(H,22,24). The molecule has 0 aliphatic heterocycles. The van der Waals surface area contributed by atoms with Crippen LogP contribution in [0.1, 0.15) is 6.92 Å². The SMILES string of the molecule is CC(=O)NCCOCC(O)Cn1c2ccccc2c2ccc(Br)c(Br)c21. The Kier molecular flexibility index (Phi) is 6.34. The number of halogens is 2. The van der Waals surface area contributed by atoms with Gasteiger partial charge in [0.25, 0.3) is 0 Å². The van der Waals surface area contributed by atoms with Crippen molar-refractivity contribution in [2.75, 3.05) is 19.8 Å². The predicted molar refractivity (Wildman–Crippen MR) is 110 cm³/mol. The number of fused-ring (bicyclic) bond motifs is 3. The number of carbonyl (C=O) groups excluding carboxylic acids is 1. The highest BCUT2D eigenvalue weighted by atomic mass is 79.9. The van der Waals surface area contributed by atoms with Gasteiger partial charge >= 0.3 is 0 Å². The smallest absolute Gasteiger partial charge is 0.216 e. The maximum absolute atomic E-state index is 10.8. The maximum Gasteiger partial charge on any atom is 0.216 e.